The molecule has 0 aliphatic carbocycles. The predicted molar refractivity (Wildman–Crippen MR) is 89.2 cm³/mol. The molecular formula is C18H19ClN2. The first-order valence-electron chi connectivity index (χ1n) is 7.25. The Bertz CT molecular complexity index is 774. The van der Waals surface area contributed by atoms with E-state index in [4.69, 9.17) is 16.6 Å². The minimum atomic E-state index is 0.593. The normalized spacial score (nSPS) is 11.2. The van der Waals surface area contributed by atoms with Crippen molar-refractivity contribution >= 4 is 22.6 Å². The lowest BCUT2D eigenvalue weighted by molar-refractivity contribution is 0.754. The van der Waals surface area contributed by atoms with Gasteiger partial charge in [-0.15, -0.1) is 11.6 Å². The maximum atomic E-state index is 5.95. The summed E-state index contributed by atoms with van der Waals surface area (Å²) in [4.78, 5) is 4.80. The van der Waals surface area contributed by atoms with Crippen molar-refractivity contribution in [1.29, 1.82) is 0 Å². The molecule has 0 aliphatic heterocycles. The number of aryl methyl sites for hydroxylation is 3. The first kappa shape index (κ1) is 14.2. The molecule has 1 heterocycles. The highest BCUT2D eigenvalue weighted by atomic mass is 35.5. The second-order valence-electron chi connectivity index (χ2n) is 5.48. The summed E-state index contributed by atoms with van der Waals surface area (Å²) >= 11 is 5.95. The number of fused-ring (bicyclic) bond motifs is 1. The van der Waals surface area contributed by atoms with E-state index >= 15 is 0 Å². The zero-order valence-corrected chi connectivity index (χ0v) is 13.2. The van der Waals surface area contributed by atoms with E-state index in [1.807, 2.05) is 0 Å². The first-order chi connectivity index (χ1) is 10.2. The summed E-state index contributed by atoms with van der Waals surface area (Å²) in [7, 11) is 0. The van der Waals surface area contributed by atoms with Crippen LogP contribution in [0.5, 0.6) is 0 Å². The van der Waals surface area contributed by atoms with Crippen molar-refractivity contribution < 1.29 is 0 Å². The van der Waals surface area contributed by atoms with Gasteiger partial charge in [-0.25, -0.2) is 4.98 Å². The standard InChI is InChI=1S/C18H19ClN2/c1-13-5-3-7-15(11-13)12-21-16-8-4-6-14(2)18(16)20-17(21)9-10-19/h3-8,11H,9-10,12H2,1-2H3. The summed E-state index contributed by atoms with van der Waals surface area (Å²) in [5.41, 5.74) is 6.08. The number of benzene rings is 2. The zero-order chi connectivity index (χ0) is 14.8. The highest BCUT2D eigenvalue weighted by Crippen LogP contribution is 2.22. The Balaban J connectivity index is 2.11. The van der Waals surface area contributed by atoms with Crippen LogP contribution in [-0.2, 0) is 13.0 Å². The minimum absolute atomic E-state index is 0.593. The lowest BCUT2D eigenvalue weighted by Gasteiger charge is -2.09. The molecule has 108 valence electrons. The summed E-state index contributed by atoms with van der Waals surface area (Å²) in [6.07, 6.45) is 0.793. The second kappa shape index (κ2) is 5.90. The topological polar surface area (TPSA) is 17.8 Å². The molecule has 3 aromatic rings. The molecule has 0 N–H and O–H groups in total. The number of aromatic nitrogens is 2. The number of rotatable bonds is 4. The van der Waals surface area contributed by atoms with Crippen LogP contribution >= 0.6 is 11.6 Å². The smallest absolute Gasteiger partial charge is 0.111 e. The number of imidazole rings is 1. The number of hydrogen-bond donors (Lipinski definition) is 0. The quantitative estimate of drug-likeness (QED) is 0.649. The van der Waals surface area contributed by atoms with E-state index in [0.29, 0.717) is 5.88 Å². The SMILES string of the molecule is Cc1cccc(Cn2c(CCCl)nc3c(C)cccc32)c1. The van der Waals surface area contributed by atoms with Crippen molar-refractivity contribution in [3.05, 3.63) is 65.0 Å². The predicted octanol–water partition coefficient (Wildman–Crippen LogP) is 4.48. The van der Waals surface area contributed by atoms with Gasteiger partial charge in [-0.3, -0.25) is 0 Å². The Morgan fingerprint density at radius 1 is 1.10 bits per heavy atom. The van der Waals surface area contributed by atoms with Crippen LogP contribution in [0.1, 0.15) is 22.5 Å². The van der Waals surface area contributed by atoms with Gasteiger partial charge in [0.15, 0.2) is 0 Å². The average molecular weight is 299 g/mol. The summed E-state index contributed by atoms with van der Waals surface area (Å²) in [6.45, 7) is 5.07. The van der Waals surface area contributed by atoms with Gasteiger partial charge in [0.1, 0.15) is 5.82 Å². The van der Waals surface area contributed by atoms with Gasteiger partial charge in [0.2, 0.25) is 0 Å². The van der Waals surface area contributed by atoms with Gasteiger partial charge in [-0.05, 0) is 31.0 Å². The van der Waals surface area contributed by atoms with E-state index < -0.39 is 0 Å². The number of alkyl halides is 1. The zero-order valence-electron chi connectivity index (χ0n) is 12.4. The fourth-order valence-electron chi connectivity index (χ4n) is 2.78. The van der Waals surface area contributed by atoms with E-state index in [2.05, 4.69) is 60.9 Å². The molecule has 2 nitrogen and oxygen atoms in total. The van der Waals surface area contributed by atoms with Crippen LogP contribution in [0, 0.1) is 13.8 Å². The summed E-state index contributed by atoms with van der Waals surface area (Å²) < 4.78 is 2.29. The van der Waals surface area contributed by atoms with Crippen LogP contribution in [0.25, 0.3) is 11.0 Å². The molecule has 0 amide bonds. The molecule has 0 unspecified atom stereocenters. The molecule has 0 atom stereocenters. The summed E-state index contributed by atoms with van der Waals surface area (Å²) in [6, 6.07) is 15.0. The molecule has 0 bridgehead atoms. The van der Waals surface area contributed by atoms with Crippen LogP contribution in [-0.4, -0.2) is 15.4 Å². The fraction of sp³-hybridized carbons (Fsp3) is 0.278. The monoisotopic (exact) mass is 298 g/mol. The maximum Gasteiger partial charge on any atom is 0.111 e. The molecule has 0 fully saturated rings. The average Bonchev–Trinajstić information content (AvgIpc) is 2.79. The lowest BCUT2D eigenvalue weighted by Crippen LogP contribution is -2.06. The van der Waals surface area contributed by atoms with Gasteiger partial charge in [-0.1, -0.05) is 42.0 Å². The van der Waals surface area contributed by atoms with E-state index in [0.717, 1.165) is 24.3 Å². The van der Waals surface area contributed by atoms with Gasteiger partial charge in [0.25, 0.3) is 0 Å². The number of hydrogen-bond acceptors (Lipinski definition) is 1. The number of nitrogens with zero attached hydrogens (tertiary/aromatic N) is 2. The number of halogens is 1. The van der Waals surface area contributed by atoms with Gasteiger partial charge in [0, 0.05) is 18.8 Å². The van der Waals surface area contributed by atoms with Crippen LogP contribution in [0.15, 0.2) is 42.5 Å². The third kappa shape index (κ3) is 2.81. The van der Waals surface area contributed by atoms with Crippen molar-refractivity contribution in [3.63, 3.8) is 0 Å². The van der Waals surface area contributed by atoms with Crippen LogP contribution in [0.2, 0.25) is 0 Å². The van der Waals surface area contributed by atoms with Gasteiger partial charge < -0.3 is 4.57 Å². The van der Waals surface area contributed by atoms with Gasteiger partial charge >= 0.3 is 0 Å². The van der Waals surface area contributed by atoms with Crippen molar-refractivity contribution in [2.45, 2.75) is 26.8 Å². The molecule has 3 rings (SSSR count). The Hall–Kier alpha value is -1.80. The van der Waals surface area contributed by atoms with Crippen molar-refractivity contribution in [2.24, 2.45) is 0 Å². The maximum absolute atomic E-state index is 5.95. The Morgan fingerprint density at radius 3 is 2.67 bits per heavy atom. The lowest BCUT2D eigenvalue weighted by atomic mass is 10.1. The summed E-state index contributed by atoms with van der Waals surface area (Å²) in [5.74, 6) is 1.66. The molecule has 2 aromatic carbocycles. The van der Waals surface area contributed by atoms with Gasteiger partial charge in [-0.2, -0.15) is 0 Å². The second-order valence-corrected chi connectivity index (χ2v) is 5.86. The van der Waals surface area contributed by atoms with E-state index in [-0.39, 0.29) is 0 Å². The molecule has 0 aliphatic rings. The third-order valence-electron chi connectivity index (χ3n) is 3.80. The molecule has 0 spiro atoms. The molecule has 0 radical (unpaired) electrons. The fourth-order valence-corrected chi connectivity index (χ4v) is 2.95. The van der Waals surface area contributed by atoms with Crippen LogP contribution in [0.3, 0.4) is 0 Å². The third-order valence-corrected chi connectivity index (χ3v) is 3.99. The van der Waals surface area contributed by atoms with E-state index in [1.54, 1.807) is 0 Å². The van der Waals surface area contributed by atoms with Crippen LogP contribution < -0.4 is 0 Å². The summed E-state index contributed by atoms with van der Waals surface area (Å²) in [5, 5.41) is 0. The molecule has 21 heavy (non-hydrogen) atoms. The van der Waals surface area contributed by atoms with Crippen molar-refractivity contribution in [1.82, 2.24) is 9.55 Å². The molecular weight excluding hydrogens is 280 g/mol. The van der Waals surface area contributed by atoms with E-state index in [9.17, 15) is 0 Å². The van der Waals surface area contributed by atoms with Gasteiger partial charge in [0.05, 0.1) is 11.0 Å². The van der Waals surface area contributed by atoms with Crippen molar-refractivity contribution in [3.8, 4) is 0 Å². The molecule has 0 saturated heterocycles. The van der Waals surface area contributed by atoms with E-state index in [1.165, 1.54) is 22.2 Å². The van der Waals surface area contributed by atoms with Crippen LogP contribution in [0.4, 0.5) is 0 Å². The highest BCUT2D eigenvalue weighted by Gasteiger charge is 2.12. The minimum Gasteiger partial charge on any atom is -0.323 e. The number of para-hydroxylation sites is 1. The Labute approximate surface area is 130 Å². The molecule has 1 aromatic heterocycles. The molecule has 3 heteroatoms. The first-order valence-corrected chi connectivity index (χ1v) is 7.78. The largest absolute Gasteiger partial charge is 0.323 e. The molecule has 0 saturated carbocycles. The Kier molecular flexibility index (Phi) is 3.98. The van der Waals surface area contributed by atoms with Crippen molar-refractivity contribution in [2.75, 3.05) is 5.88 Å². The highest BCUT2D eigenvalue weighted by molar-refractivity contribution is 6.17. The Morgan fingerprint density at radius 2 is 1.90 bits per heavy atom.